The van der Waals surface area contributed by atoms with Crippen LogP contribution in [0.5, 0.6) is 0 Å². The Labute approximate surface area is 111 Å². The van der Waals surface area contributed by atoms with Gasteiger partial charge in [-0.1, -0.05) is 11.3 Å². The maximum absolute atomic E-state index is 11.6. The Hall–Kier alpha value is -1.61. The molecule has 18 heavy (non-hydrogen) atoms. The lowest BCUT2D eigenvalue weighted by atomic mass is 10.2. The number of carbonyl (C=O) groups is 1. The predicted octanol–water partition coefficient (Wildman–Crippen LogP) is 3.78. The number of aromatic nitrogens is 1. The molecule has 0 spiro atoms. The SMILES string of the molecule is [C-]#[N+]C(C)c1sc(NC(=O)OC(C)(C)C)nc1C. The van der Waals surface area contributed by atoms with Crippen molar-refractivity contribution in [2.24, 2.45) is 0 Å². The molecule has 0 aliphatic rings. The number of nitrogens with one attached hydrogen (secondary N) is 1. The summed E-state index contributed by atoms with van der Waals surface area (Å²) in [5.41, 5.74) is 0.234. The van der Waals surface area contributed by atoms with Crippen molar-refractivity contribution in [3.05, 3.63) is 22.0 Å². The van der Waals surface area contributed by atoms with Gasteiger partial charge in [0, 0.05) is 6.92 Å². The van der Waals surface area contributed by atoms with Crippen molar-refractivity contribution in [1.82, 2.24) is 4.98 Å². The molecule has 0 saturated carbocycles. The monoisotopic (exact) mass is 267 g/mol. The molecular formula is C12H17N3O2S. The summed E-state index contributed by atoms with van der Waals surface area (Å²) in [5.74, 6) is 0. The van der Waals surface area contributed by atoms with E-state index in [1.54, 1.807) is 20.8 Å². The van der Waals surface area contributed by atoms with Crippen LogP contribution in [0.1, 0.15) is 44.3 Å². The van der Waals surface area contributed by atoms with Crippen LogP contribution in [-0.2, 0) is 4.74 Å². The largest absolute Gasteiger partial charge is 0.444 e. The second-order valence-electron chi connectivity index (χ2n) is 4.90. The van der Waals surface area contributed by atoms with Crippen LogP contribution in [0.2, 0.25) is 0 Å². The number of hydrogen-bond acceptors (Lipinski definition) is 4. The van der Waals surface area contributed by atoms with Crippen LogP contribution < -0.4 is 5.32 Å². The first-order valence-electron chi connectivity index (χ1n) is 5.57. The first-order valence-corrected chi connectivity index (χ1v) is 6.38. The molecule has 0 bridgehead atoms. The van der Waals surface area contributed by atoms with E-state index in [1.807, 2.05) is 13.8 Å². The van der Waals surface area contributed by atoms with Crippen LogP contribution in [-0.4, -0.2) is 16.7 Å². The van der Waals surface area contributed by atoms with Gasteiger partial charge < -0.3 is 9.58 Å². The molecule has 1 heterocycles. The molecule has 1 aromatic rings. The van der Waals surface area contributed by atoms with Gasteiger partial charge >= 0.3 is 6.09 Å². The molecule has 0 saturated heterocycles. The molecule has 1 unspecified atom stereocenters. The van der Waals surface area contributed by atoms with E-state index in [4.69, 9.17) is 11.3 Å². The lowest BCUT2D eigenvalue weighted by Crippen LogP contribution is -2.27. The number of amides is 1. The van der Waals surface area contributed by atoms with Gasteiger partial charge in [0.1, 0.15) is 10.5 Å². The first kappa shape index (κ1) is 14.5. The Bertz CT molecular complexity index is 482. The number of aryl methyl sites for hydroxylation is 1. The summed E-state index contributed by atoms with van der Waals surface area (Å²) in [6.45, 7) is 16.0. The van der Waals surface area contributed by atoms with Crippen molar-refractivity contribution in [1.29, 1.82) is 0 Å². The minimum absolute atomic E-state index is 0.239. The highest BCUT2D eigenvalue weighted by molar-refractivity contribution is 7.16. The fourth-order valence-electron chi connectivity index (χ4n) is 1.30. The summed E-state index contributed by atoms with van der Waals surface area (Å²) >= 11 is 1.31. The molecule has 0 fully saturated rings. The second-order valence-corrected chi connectivity index (χ2v) is 5.93. The maximum atomic E-state index is 11.6. The third-order valence-electron chi connectivity index (χ3n) is 2.01. The third kappa shape index (κ3) is 4.00. The number of nitrogens with zero attached hydrogens (tertiary/aromatic N) is 2. The van der Waals surface area contributed by atoms with Crippen molar-refractivity contribution in [2.75, 3.05) is 5.32 Å². The number of thiazole rings is 1. The van der Waals surface area contributed by atoms with Crippen molar-refractivity contribution >= 4 is 22.6 Å². The molecule has 1 N–H and O–H groups in total. The number of rotatable bonds is 2. The quantitative estimate of drug-likeness (QED) is 0.830. The average Bonchev–Trinajstić information content (AvgIpc) is 2.55. The lowest BCUT2D eigenvalue weighted by molar-refractivity contribution is 0.0636. The molecule has 5 nitrogen and oxygen atoms in total. The Morgan fingerprint density at radius 2 is 2.17 bits per heavy atom. The fourth-order valence-corrected chi connectivity index (χ4v) is 2.24. The van der Waals surface area contributed by atoms with Crippen molar-refractivity contribution < 1.29 is 9.53 Å². The normalized spacial score (nSPS) is 12.7. The smallest absolute Gasteiger partial charge is 0.413 e. The van der Waals surface area contributed by atoms with E-state index in [2.05, 4.69) is 15.1 Å². The molecule has 0 aromatic carbocycles. The fraction of sp³-hybridized carbons (Fsp3) is 0.583. The molecule has 1 rings (SSSR count). The number of anilines is 1. The minimum Gasteiger partial charge on any atom is -0.444 e. The summed E-state index contributed by atoms with van der Waals surface area (Å²) < 4.78 is 5.13. The first-order chi connectivity index (χ1) is 8.23. The van der Waals surface area contributed by atoms with E-state index in [1.165, 1.54) is 11.3 Å². The van der Waals surface area contributed by atoms with Gasteiger partial charge in [-0.25, -0.2) is 16.4 Å². The number of hydrogen-bond donors (Lipinski definition) is 1. The highest BCUT2D eigenvalue weighted by atomic mass is 32.1. The van der Waals surface area contributed by atoms with Crippen LogP contribution in [0, 0.1) is 13.5 Å². The van der Waals surface area contributed by atoms with Gasteiger partial charge in [-0.05, 0) is 27.7 Å². The van der Waals surface area contributed by atoms with E-state index in [0.717, 1.165) is 10.6 Å². The molecule has 0 radical (unpaired) electrons. The number of carbonyl (C=O) groups excluding carboxylic acids is 1. The molecular weight excluding hydrogens is 250 g/mol. The minimum atomic E-state index is -0.539. The summed E-state index contributed by atoms with van der Waals surface area (Å²) in [5, 5.41) is 3.05. The standard InChI is InChI=1S/C12H17N3O2S/c1-7(13-6)9-8(2)14-10(18-9)15-11(16)17-12(3,4)5/h7H,1-5H3,(H,14,15,16). The Morgan fingerprint density at radius 3 is 2.67 bits per heavy atom. The molecule has 0 aliphatic heterocycles. The van der Waals surface area contributed by atoms with E-state index in [9.17, 15) is 4.79 Å². The van der Waals surface area contributed by atoms with Gasteiger partial charge in [-0.2, -0.15) is 0 Å². The third-order valence-corrected chi connectivity index (χ3v) is 3.26. The highest BCUT2D eigenvalue weighted by Gasteiger charge is 2.21. The predicted molar refractivity (Wildman–Crippen MR) is 71.7 cm³/mol. The van der Waals surface area contributed by atoms with E-state index in [-0.39, 0.29) is 6.04 Å². The van der Waals surface area contributed by atoms with Crippen molar-refractivity contribution in [2.45, 2.75) is 46.3 Å². The van der Waals surface area contributed by atoms with Gasteiger partial charge in [0.15, 0.2) is 5.13 Å². The Balaban J connectivity index is 2.76. The summed E-state index contributed by atoms with van der Waals surface area (Å²) in [7, 11) is 0. The summed E-state index contributed by atoms with van der Waals surface area (Å²) in [6, 6.07) is -0.239. The van der Waals surface area contributed by atoms with Gasteiger partial charge in [-0.3, -0.25) is 5.32 Å². The molecule has 1 amide bonds. The van der Waals surface area contributed by atoms with Gasteiger partial charge in [0.25, 0.3) is 6.04 Å². The van der Waals surface area contributed by atoms with Crippen LogP contribution >= 0.6 is 11.3 Å². The zero-order chi connectivity index (χ0) is 13.9. The van der Waals surface area contributed by atoms with Crippen molar-refractivity contribution in [3.63, 3.8) is 0 Å². The summed E-state index contributed by atoms with van der Waals surface area (Å²) in [4.78, 5) is 20.1. The zero-order valence-corrected chi connectivity index (χ0v) is 12.0. The lowest BCUT2D eigenvalue weighted by Gasteiger charge is -2.18. The Kier molecular flexibility index (Phi) is 4.30. The zero-order valence-electron chi connectivity index (χ0n) is 11.2. The van der Waals surface area contributed by atoms with Crippen LogP contribution in [0.4, 0.5) is 9.93 Å². The van der Waals surface area contributed by atoms with Crippen LogP contribution in [0.3, 0.4) is 0 Å². The second kappa shape index (κ2) is 5.36. The molecule has 98 valence electrons. The average molecular weight is 267 g/mol. The molecule has 6 heteroatoms. The molecule has 1 atom stereocenters. The van der Waals surface area contributed by atoms with E-state index in [0.29, 0.717) is 5.13 Å². The molecule has 0 aliphatic carbocycles. The van der Waals surface area contributed by atoms with E-state index >= 15 is 0 Å². The highest BCUT2D eigenvalue weighted by Crippen LogP contribution is 2.30. The van der Waals surface area contributed by atoms with Crippen molar-refractivity contribution in [3.8, 4) is 0 Å². The van der Waals surface area contributed by atoms with E-state index < -0.39 is 11.7 Å². The maximum Gasteiger partial charge on any atom is 0.413 e. The van der Waals surface area contributed by atoms with Crippen LogP contribution in [0.15, 0.2) is 0 Å². The van der Waals surface area contributed by atoms with Crippen LogP contribution in [0.25, 0.3) is 4.85 Å². The molecule has 1 aromatic heterocycles. The Morgan fingerprint density at radius 1 is 1.56 bits per heavy atom. The van der Waals surface area contributed by atoms with Gasteiger partial charge in [0.05, 0.1) is 5.69 Å². The van der Waals surface area contributed by atoms with Gasteiger partial charge in [-0.15, -0.1) is 0 Å². The number of ether oxygens (including phenoxy) is 1. The topological polar surface area (TPSA) is 55.6 Å². The van der Waals surface area contributed by atoms with Gasteiger partial charge in [0.2, 0.25) is 0 Å². The summed E-state index contributed by atoms with van der Waals surface area (Å²) in [6.07, 6.45) is -0.529.